The molecule has 0 bridgehead atoms. The number of benzene rings is 2. The molecular formula is C18H14ClN3O3. The lowest BCUT2D eigenvalue weighted by atomic mass is 10.1. The number of hydrogen-bond donors (Lipinski definition) is 1. The fraction of sp³-hybridized carbons (Fsp3) is 0.167. The molecule has 126 valence electrons. The summed E-state index contributed by atoms with van der Waals surface area (Å²) in [7, 11) is 0. The van der Waals surface area contributed by atoms with Crippen LogP contribution in [0.2, 0.25) is 5.02 Å². The van der Waals surface area contributed by atoms with Gasteiger partial charge < -0.3 is 15.1 Å². The van der Waals surface area contributed by atoms with Crippen LogP contribution in [0.5, 0.6) is 0 Å². The van der Waals surface area contributed by atoms with Crippen molar-refractivity contribution in [1.82, 2.24) is 4.98 Å². The second-order valence-electron chi connectivity index (χ2n) is 5.96. The molecule has 2 aromatic carbocycles. The van der Waals surface area contributed by atoms with E-state index < -0.39 is 11.8 Å². The maximum atomic E-state index is 12.2. The number of fused-ring (bicyclic) bond motifs is 1. The van der Waals surface area contributed by atoms with E-state index in [0.29, 0.717) is 27.7 Å². The first-order valence-electron chi connectivity index (χ1n) is 7.78. The van der Waals surface area contributed by atoms with Gasteiger partial charge in [-0.25, -0.2) is 4.98 Å². The Kier molecular flexibility index (Phi) is 3.69. The molecule has 0 spiro atoms. The van der Waals surface area contributed by atoms with E-state index >= 15 is 0 Å². The smallest absolute Gasteiger partial charge is 0.228 e. The lowest BCUT2D eigenvalue weighted by Gasteiger charge is -2.17. The van der Waals surface area contributed by atoms with Crippen molar-refractivity contribution in [3.05, 3.63) is 47.5 Å². The van der Waals surface area contributed by atoms with Gasteiger partial charge in [0.05, 0.1) is 16.5 Å². The van der Waals surface area contributed by atoms with Crippen LogP contribution in [-0.2, 0) is 9.59 Å². The van der Waals surface area contributed by atoms with Crippen molar-refractivity contribution in [2.45, 2.75) is 6.42 Å². The van der Waals surface area contributed by atoms with Crippen LogP contribution in [0, 0.1) is 5.92 Å². The minimum atomic E-state index is -0.476. The minimum absolute atomic E-state index is 0.121. The van der Waals surface area contributed by atoms with E-state index in [4.69, 9.17) is 21.8 Å². The molecule has 7 heteroatoms. The zero-order valence-electron chi connectivity index (χ0n) is 13.1. The van der Waals surface area contributed by atoms with Crippen molar-refractivity contribution in [3.8, 4) is 11.5 Å². The molecule has 6 nitrogen and oxygen atoms in total. The summed E-state index contributed by atoms with van der Waals surface area (Å²) in [6.45, 7) is 0.267. The summed E-state index contributed by atoms with van der Waals surface area (Å²) in [6, 6.07) is 12.6. The first kappa shape index (κ1) is 15.7. The van der Waals surface area contributed by atoms with Gasteiger partial charge in [0, 0.05) is 18.7 Å². The van der Waals surface area contributed by atoms with Crippen LogP contribution < -0.4 is 10.6 Å². The largest absolute Gasteiger partial charge is 0.436 e. The number of primary amides is 1. The minimum Gasteiger partial charge on any atom is -0.436 e. The van der Waals surface area contributed by atoms with E-state index in [2.05, 4.69) is 4.98 Å². The van der Waals surface area contributed by atoms with E-state index in [1.54, 1.807) is 18.2 Å². The van der Waals surface area contributed by atoms with Crippen LogP contribution in [0.4, 0.5) is 5.69 Å². The van der Waals surface area contributed by atoms with Crippen LogP contribution in [0.15, 0.2) is 46.9 Å². The lowest BCUT2D eigenvalue weighted by molar-refractivity contribution is -0.123. The summed E-state index contributed by atoms with van der Waals surface area (Å²) in [4.78, 5) is 29.6. The predicted molar refractivity (Wildman–Crippen MR) is 94.1 cm³/mol. The normalized spacial score (nSPS) is 17.4. The maximum Gasteiger partial charge on any atom is 0.228 e. The van der Waals surface area contributed by atoms with Crippen molar-refractivity contribution >= 4 is 40.2 Å². The SMILES string of the molecule is NC(=O)[C@H]1CC(=O)N(c2ccc(Cl)c(-c3nc4ccccc4o3)c2)C1. The maximum absolute atomic E-state index is 12.2. The molecule has 0 saturated carbocycles. The zero-order valence-corrected chi connectivity index (χ0v) is 13.9. The summed E-state index contributed by atoms with van der Waals surface area (Å²) in [5.74, 6) is -0.708. The molecule has 3 aromatic rings. The van der Waals surface area contributed by atoms with E-state index in [1.807, 2.05) is 24.3 Å². The number of oxazole rings is 1. The number of hydrogen-bond acceptors (Lipinski definition) is 4. The van der Waals surface area contributed by atoms with Gasteiger partial charge in [-0.15, -0.1) is 0 Å². The Bertz CT molecular complexity index is 965. The third-order valence-corrected chi connectivity index (χ3v) is 4.64. The third-order valence-electron chi connectivity index (χ3n) is 4.31. The molecule has 2 N–H and O–H groups in total. The number of carbonyl (C=O) groups excluding carboxylic acids is 2. The third kappa shape index (κ3) is 2.74. The molecule has 1 aromatic heterocycles. The first-order chi connectivity index (χ1) is 12.0. The van der Waals surface area contributed by atoms with Gasteiger partial charge in [-0.1, -0.05) is 23.7 Å². The van der Waals surface area contributed by atoms with E-state index in [1.165, 1.54) is 4.90 Å². The summed E-state index contributed by atoms with van der Waals surface area (Å²) in [5.41, 5.74) is 7.93. The quantitative estimate of drug-likeness (QED) is 0.782. The van der Waals surface area contributed by atoms with Crippen molar-refractivity contribution < 1.29 is 14.0 Å². The standard InChI is InChI=1S/C18H14ClN3O3/c19-13-6-5-11(22-9-10(17(20)24)7-16(22)23)8-12(13)18-21-14-3-1-2-4-15(14)25-18/h1-6,8,10H,7,9H2,(H2,20,24)/t10-/m0/s1. The number of nitrogens with zero attached hydrogens (tertiary/aromatic N) is 2. The number of rotatable bonds is 3. The highest BCUT2D eigenvalue weighted by molar-refractivity contribution is 6.33. The Morgan fingerprint density at radius 2 is 2.08 bits per heavy atom. The van der Waals surface area contributed by atoms with Crippen LogP contribution in [0.1, 0.15) is 6.42 Å². The number of carbonyl (C=O) groups is 2. The molecule has 1 saturated heterocycles. The van der Waals surface area contributed by atoms with Crippen molar-refractivity contribution in [3.63, 3.8) is 0 Å². The van der Waals surface area contributed by atoms with E-state index in [9.17, 15) is 9.59 Å². The lowest BCUT2D eigenvalue weighted by Crippen LogP contribution is -2.28. The molecule has 1 aliphatic heterocycles. The van der Waals surface area contributed by atoms with Gasteiger partial charge in [0.1, 0.15) is 5.52 Å². The summed E-state index contributed by atoms with van der Waals surface area (Å²) in [6.07, 6.45) is 0.121. The Hall–Kier alpha value is -2.86. The monoisotopic (exact) mass is 355 g/mol. The van der Waals surface area contributed by atoms with Gasteiger partial charge in [0.2, 0.25) is 17.7 Å². The fourth-order valence-electron chi connectivity index (χ4n) is 2.98. The molecule has 0 unspecified atom stereocenters. The molecule has 0 radical (unpaired) electrons. The van der Waals surface area contributed by atoms with Gasteiger partial charge in [0.25, 0.3) is 0 Å². The first-order valence-corrected chi connectivity index (χ1v) is 8.16. The molecule has 1 atom stereocenters. The van der Waals surface area contributed by atoms with Gasteiger partial charge in [-0.05, 0) is 30.3 Å². The van der Waals surface area contributed by atoms with Gasteiger partial charge in [0.15, 0.2) is 5.58 Å². The van der Waals surface area contributed by atoms with Crippen LogP contribution in [0.3, 0.4) is 0 Å². The second-order valence-corrected chi connectivity index (χ2v) is 6.37. The number of para-hydroxylation sites is 2. The van der Waals surface area contributed by atoms with Gasteiger partial charge in [-0.3, -0.25) is 9.59 Å². The number of aromatic nitrogens is 1. The second kappa shape index (κ2) is 5.89. The Morgan fingerprint density at radius 3 is 2.80 bits per heavy atom. The molecule has 2 heterocycles. The molecule has 1 aliphatic rings. The van der Waals surface area contributed by atoms with Crippen molar-refractivity contribution in [2.75, 3.05) is 11.4 Å². The topological polar surface area (TPSA) is 89.4 Å². The van der Waals surface area contributed by atoms with E-state index in [-0.39, 0.29) is 18.9 Å². The average molecular weight is 356 g/mol. The van der Waals surface area contributed by atoms with Crippen LogP contribution in [-0.4, -0.2) is 23.3 Å². The van der Waals surface area contributed by atoms with Crippen LogP contribution in [0.25, 0.3) is 22.6 Å². The van der Waals surface area contributed by atoms with Crippen LogP contribution >= 0.6 is 11.6 Å². The van der Waals surface area contributed by atoms with Gasteiger partial charge >= 0.3 is 0 Å². The zero-order chi connectivity index (χ0) is 17.6. The van der Waals surface area contributed by atoms with Crippen molar-refractivity contribution in [1.29, 1.82) is 0 Å². The number of anilines is 1. The highest BCUT2D eigenvalue weighted by Gasteiger charge is 2.34. The number of amides is 2. The highest BCUT2D eigenvalue weighted by Crippen LogP contribution is 2.35. The number of nitrogens with two attached hydrogens (primary N) is 1. The summed E-state index contributed by atoms with van der Waals surface area (Å²) in [5, 5.41) is 0.466. The molecular weight excluding hydrogens is 342 g/mol. The fourth-order valence-corrected chi connectivity index (χ4v) is 3.18. The molecule has 25 heavy (non-hydrogen) atoms. The molecule has 0 aliphatic carbocycles. The Labute approximate surface area is 148 Å². The van der Waals surface area contributed by atoms with Crippen molar-refractivity contribution in [2.24, 2.45) is 11.7 Å². The Morgan fingerprint density at radius 1 is 1.28 bits per heavy atom. The highest BCUT2D eigenvalue weighted by atomic mass is 35.5. The van der Waals surface area contributed by atoms with Gasteiger partial charge in [-0.2, -0.15) is 0 Å². The molecule has 4 rings (SSSR count). The number of halogens is 1. The molecule has 1 fully saturated rings. The summed E-state index contributed by atoms with van der Waals surface area (Å²) < 4.78 is 5.77. The van der Waals surface area contributed by atoms with E-state index in [0.717, 1.165) is 5.52 Å². The Balaban J connectivity index is 1.74. The average Bonchev–Trinajstić information content (AvgIpc) is 3.19. The predicted octanol–water partition coefficient (Wildman–Crippen LogP) is 2.99. The summed E-state index contributed by atoms with van der Waals surface area (Å²) >= 11 is 6.30. The molecule has 2 amide bonds.